The molecule has 3 rings (SSSR count). The molecule has 2 amide bonds. The van der Waals surface area contributed by atoms with Crippen LogP contribution in [0.3, 0.4) is 0 Å². The van der Waals surface area contributed by atoms with Crippen molar-refractivity contribution >= 4 is 46.8 Å². The van der Waals surface area contributed by atoms with Gasteiger partial charge in [-0.1, -0.05) is 84.7 Å². The van der Waals surface area contributed by atoms with E-state index in [1.165, 1.54) is 17.8 Å². The normalized spacial score (nSPS) is 11.7. The summed E-state index contributed by atoms with van der Waals surface area (Å²) in [5, 5.41) is 3.86. The standard InChI is InChI=1S/C28H29Cl2FN2O2S/c1-2-14-32-28(35)26(15-20-8-4-3-5-9-20)33(17-21-12-13-23(29)16-24(21)30)27(34)19-36-18-22-10-6-7-11-25(22)31/h3-13,16,26H,2,14-15,17-19H2,1H3,(H,32,35). The van der Waals surface area contributed by atoms with Crippen molar-refractivity contribution in [3.8, 4) is 0 Å². The fraction of sp³-hybridized carbons (Fsp3) is 0.286. The van der Waals surface area contributed by atoms with Crippen LogP contribution in [0.4, 0.5) is 4.39 Å². The molecule has 8 heteroatoms. The van der Waals surface area contributed by atoms with Gasteiger partial charge in [-0.2, -0.15) is 0 Å². The summed E-state index contributed by atoms with van der Waals surface area (Å²) in [6, 6.07) is 20.5. The summed E-state index contributed by atoms with van der Waals surface area (Å²) in [5.74, 6) is -0.318. The van der Waals surface area contributed by atoms with Crippen LogP contribution in [0.1, 0.15) is 30.0 Å². The van der Waals surface area contributed by atoms with E-state index in [-0.39, 0.29) is 29.9 Å². The summed E-state index contributed by atoms with van der Waals surface area (Å²) in [5.41, 5.74) is 2.16. The third kappa shape index (κ3) is 8.26. The molecule has 0 aliphatic heterocycles. The van der Waals surface area contributed by atoms with E-state index in [0.29, 0.717) is 39.9 Å². The summed E-state index contributed by atoms with van der Waals surface area (Å²) in [4.78, 5) is 28.5. The highest BCUT2D eigenvalue weighted by Crippen LogP contribution is 2.25. The number of amides is 2. The average molecular weight is 548 g/mol. The van der Waals surface area contributed by atoms with E-state index in [4.69, 9.17) is 23.2 Å². The van der Waals surface area contributed by atoms with Crippen molar-refractivity contribution in [3.63, 3.8) is 0 Å². The van der Waals surface area contributed by atoms with E-state index in [0.717, 1.165) is 12.0 Å². The number of carbonyl (C=O) groups is 2. The molecule has 1 unspecified atom stereocenters. The van der Waals surface area contributed by atoms with E-state index in [1.807, 2.05) is 37.3 Å². The molecule has 0 saturated heterocycles. The first-order valence-corrected chi connectivity index (χ1v) is 13.7. The number of halogens is 3. The van der Waals surface area contributed by atoms with Crippen LogP contribution in [-0.2, 0) is 28.3 Å². The first kappa shape index (κ1) is 28.0. The highest BCUT2D eigenvalue weighted by atomic mass is 35.5. The van der Waals surface area contributed by atoms with Crippen LogP contribution in [0.15, 0.2) is 72.8 Å². The first-order chi connectivity index (χ1) is 17.4. The molecule has 0 bridgehead atoms. The van der Waals surface area contributed by atoms with E-state index in [9.17, 15) is 14.0 Å². The Bertz CT molecular complexity index is 1160. The number of thioether (sulfide) groups is 1. The summed E-state index contributed by atoms with van der Waals surface area (Å²) in [6.07, 6.45) is 1.13. The van der Waals surface area contributed by atoms with Crippen LogP contribution in [0.2, 0.25) is 10.0 Å². The maximum atomic E-state index is 14.0. The Kier molecular flexibility index (Phi) is 11.1. The van der Waals surface area contributed by atoms with Crippen LogP contribution in [-0.4, -0.2) is 35.1 Å². The van der Waals surface area contributed by atoms with Crippen LogP contribution >= 0.6 is 35.0 Å². The molecular formula is C28H29Cl2FN2O2S. The Labute approximate surface area is 226 Å². The largest absolute Gasteiger partial charge is 0.354 e. The van der Waals surface area contributed by atoms with Crippen LogP contribution in [0, 0.1) is 5.82 Å². The summed E-state index contributed by atoms with van der Waals surface area (Å²) in [7, 11) is 0. The number of benzene rings is 3. The predicted octanol–water partition coefficient (Wildman–Crippen LogP) is 6.53. The molecule has 0 fully saturated rings. The zero-order chi connectivity index (χ0) is 25.9. The van der Waals surface area contributed by atoms with Gasteiger partial charge in [-0.05, 0) is 41.3 Å². The molecule has 0 aromatic heterocycles. The molecule has 3 aromatic rings. The summed E-state index contributed by atoms with van der Waals surface area (Å²) < 4.78 is 14.0. The molecule has 0 spiro atoms. The topological polar surface area (TPSA) is 49.4 Å². The van der Waals surface area contributed by atoms with Crippen molar-refractivity contribution in [2.45, 2.75) is 38.1 Å². The van der Waals surface area contributed by atoms with Crippen molar-refractivity contribution < 1.29 is 14.0 Å². The van der Waals surface area contributed by atoms with Gasteiger partial charge in [0.25, 0.3) is 0 Å². The molecule has 0 saturated carbocycles. The highest BCUT2D eigenvalue weighted by molar-refractivity contribution is 7.99. The zero-order valence-corrected chi connectivity index (χ0v) is 22.4. The van der Waals surface area contributed by atoms with E-state index in [1.54, 1.807) is 41.3 Å². The Morgan fingerprint density at radius 3 is 2.42 bits per heavy atom. The van der Waals surface area contributed by atoms with Gasteiger partial charge in [0.2, 0.25) is 11.8 Å². The second-order valence-corrected chi connectivity index (χ2v) is 10.2. The number of hydrogen-bond acceptors (Lipinski definition) is 3. The van der Waals surface area contributed by atoms with Gasteiger partial charge in [-0.3, -0.25) is 9.59 Å². The molecule has 0 aliphatic rings. The monoisotopic (exact) mass is 546 g/mol. The smallest absolute Gasteiger partial charge is 0.243 e. The summed E-state index contributed by atoms with van der Waals surface area (Å²) >= 11 is 13.8. The lowest BCUT2D eigenvalue weighted by atomic mass is 10.0. The SMILES string of the molecule is CCCNC(=O)C(Cc1ccccc1)N(Cc1ccc(Cl)cc1Cl)C(=O)CSCc1ccccc1F. The molecular weight excluding hydrogens is 518 g/mol. The number of hydrogen-bond donors (Lipinski definition) is 1. The van der Waals surface area contributed by atoms with E-state index < -0.39 is 6.04 Å². The lowest BCUT2D eigenvalue weighted by molar-refractivity contribution is -0.139. The van der Waals surface area contributed by atoms with Crippen LogP contribution in [0.25, 0.3) is 0 Å². The average Bonchev–Trinajstić information content (AvgIpc) is 2.87. The van der Waals surface area contributed by atoms with Crippen molar-refractivity contribution in [2.75, 3.05) is 12.3 Å². The van der Waals surface area contributed by atoms with Crippen molar-refractivity contribution in [1.82, 2.24) is 10.2 Å². The fourth-order valence-corrected chi connectivity index (χ4v) is 5.06. The predicted molar refractivity (Wildman–Crippen MR) is 147 cm³/mol. The lowest BCUT2D eigenvalue weighted by Crippen LogP contribution is -2.51. The van der Waals surface area contributed by atoms with E-state index >= 15 is 0 Å². The van der Waals surface area contributed by atoms with Gasteiger partial charge in [0.1, 0.15) is 11.9 Å². The Morgan fingerprint density at radius 2 is 1.72 bits per heavy atom. The molecule has 4 nitrogen and oxygen atoms in total. The number of carbonyl (C=O) groups excluding carboxylic acids is 2. The maximum Gasteiger partial charge on any atom is 0.243 e. The minimum absolute atomic E-state index is 0.0892. The minimum atomic E-state index is -0.743. The molecule has 3 aromatic carbocycles. The van der Waals surface area contributed by atoms with Crippen molar-refractivity contribution in [2.24, 2.45) is 0 Å². The third-order valence-electron chi connectivity index (χ3n) is 5.62. The second kappa shape index (κ2) is 14.3. The highest BCUT2D eigenvalue weighted by Gasteiger charge is 2.30. The second-order valence-electron chi connectivity index (χ2n) is 8.34. The van der Waals surface area contributed by atoms with Gasteiger partial charge in [0, 0.05) is 35.3 Å². The Hall–Kier alpha value is -2.54. The minimum Gasteiger partial charge on any atom is -0.354 e. The van der Waals surface area contributed by atoms with Gasteiger partial charge in [0.05, 0.1) is 5.75 Å². The molecule has 0 heterocycles. The molecule has 36 heavy (non-hydrogen) atoms. The van der Waals surface area contributed by atoms with E-state index in [2.05, 4.69) is 5.32 Å². The third-order valence-corrected chi connectivity index (χ3v) is 7.17. The molecule has 0 aliphatic carbocycles. The fourth-order valence-electron chi connectivity index (χ4n) is 3.70. The van der Waals surface area contributed by atoms with Gasteiger partial charge in [0.15, 0.2) is 0 Å². The molecule has 1 atom stereocenters. The van der Waals surface area contributed by atoms with Gasteiger partial charge < -0.3 is 10.2 Å². The van der Waals surface area contributed by atoms with Gasteiger partial charge >= 0.3 is 0 Å². The molecule has 190 valence electrons. The van der Waals surface area contributed by atoms with Crippen molar-refractivity contribution in [3.05, 3.63) is 105 Å². The Balaban J connectivity index is 1.87. The zero-order valence-electron chi connectivity index (χ0n) is 20.1. The summed E-state index contributed by atoms with van der Waals surface area (Å²) in [6.45, 7) is 2.63. The van der Waals surface area contributed by atoms with Crippen molar-refractivity contribution in [1.29, 1.82) is 0 Å². The van der Waals surface area contributed by atoms with Crippen LogP contribution < -0.4 is 5.32 Å². The number of nitrogens with one attached hydrogen (secondary N) is 1. The number of nitrogens with zero attached hydrogens (tertiary/aromatic N) is 1. The Morgan fingerprint density at radius 1 is 1.00 bits per heavy atom. The van der Waals surface area contributed by atoms with Gasteiger partial charge in [-0.25, -0.2) is 4.39 Å². The van der Waals surface area contributed by atoms with Crippen LogP contribution in [0.5, 0.6) is 0 Å². The quantitative estimate of drug-likeness (QED) is 0.281. The molecule has 0 radical (unpaired) electrons. The van der Waals surface area contributed by atoms with Gasteiger partial charge in [-0.15, -0.1) is 11.8 Å². The lowest BCUT2D eigenvalue weighted by Gasteiger charge is -2.32. The molecule has 1 N–H and O–H groups in total. The number of rotatable bonds is 12. The maximum absolute atomic E-state index is 14.0. The first-order valence-electron chi connectivity index (χ1n) is 11.7.